The second kappa shape index (κ2) is 7.74. The van der Waals surface area contributed by atoms with E-state index in [4.69, 9.17) is 17.3 Å². The standard InChI is InChI=1S/C17H16ClFN2O2/c18-15-10-13(19)6-7-14(15)17(23)21(9-8-16(20)22)11-12-4-2-1-3-5-12/h1-7,10H,8-9,11H2,(H2,20,22). The lowest BCUT2D eigenvalue weighted by molar-refractivity contribution is -0.118. The summed E-state index contributed by atoms with van der Waals surface area (Å²) in [4.78, 5) is 25.2. The number of hydrogen-bond donors (Lipinski definition) is 1. The molecule has 0 spiro atoms. The van der Waals surface area contributed by atoms with Crippen LogP contribution in [0.3, 0.4) is 0 Å². The monoisotopic (exact) mass is 334 g/mol. The average molecular weight is 335 g/mol. The van der Waals surface area contributed by atoms with Gasteiger partial charge in [0.2, 0.25) is 5.91 Å². The van der Waals surface area contributed by atoms with Crippen LogP contribution in [-0.4, -0.2) is 23.3 Å². The summed E-state index contributed by atoms with van der Waals surface area (Å²) in [5, 5.41) is 0.0344. The van der Waals surface area contributed by atoms with Crippen molar-refractivity contribution in [3.05, 3.63) is 70.5 Å². The molecule has 0 aliphatic carbocycles. The van der Waals surface area contributed by atoms with Gasteiger partial charge in [-0.05, 0) is 23.8 Å². The minimum atomic E-state index is -0.515. The Bertz CT molecular complexity index is 707. The van der Waals surface area contributed by atoms with Crippen molar-refractivity contribution in [3.8, 4) is 0 Å². The Morgan fingerprint density at radius 2 is 1.83 bits per heavy atom. The summed E-state index contributed by atoms with van der Waals surface area (Å²) in [5.74, 6) is -1.39. The Labute approximate surface area is 138 Å². The number of hydrogen-bond acceptors (Lipinski definition) is 2. The highest BCUT2D eigenvalue weighted by Gasteiger charge is 2.19. The zero-order valence-corrected chi connectivity index (χ0v) is 13.1. The van der Waals surface area contributed by atoms with Gasteiger partial charge in [0.15, 0.2) is 0 Å². The molecule has 4 nitrogen and oxygen atoms in total. The molecular weight excluding hydrogens is 319 g/mol. The van der Waals surface area contributed by atoms with Crippen molar-refractivity contribution >= 4 is 23.4 Å². The number of nitrogens with zero attached hydrogens (tertiary/aromatic N) is 1. The van der Waals surface area contributed by atoms with E-state index < -0.39 is 11.7 Å². The smallest absolute Gasteiger partial charge is 0.255 e. The number of halogens is 2. The first kappa shape index (κ1) is 17.0. The normalized spacial score (nSPS) is 10.3. The van der Waals surface area contributed by atoms with Gasteiger partial charge in [0.25, 0.3) is 5.91 Å². The molecule has 2 amide bonds. The second-order valence-electron chi connectivity index (χ2n) is 5.05. The van der Waals surface area contributed by atoms with E-state index in [9.17, 15) is 14.0 Å². The number of carbonyl (C=O) groups excluding carboxylic acids is 2. The van der Waals surface area contributed by atoms with Crippen LogP contribution in [0.1, 0.15) is 22.3 Å². The highest BCUT2D eigenvalue weighted by molar-refractivity contribution is 6.33. The molecule has 0 fully saturated rings. The van der Waals surface area contributed by atoms with Crippen molar-refractivity contribution in [2.75, 3.05) is 6.54 Å². The molecule has 0 radical (unpaired) electrons. The molecule has 0 aliphatic heterocycles. The fourth-order valence-electron chi connectivity index (χ4n) is 2.13. The average Bonchev–Trinajstić information content (AvgIpc) is 2.51. The van der Waals surface area contributed by atoms with E-state index >= 15 is 0 Å². The van der Waals surface area contributed by atoms with Crippen LogP contribution in [0, 0.1) is 5.82 Å². The summed E-state index contributed by atoms with van der Waals surface area (Å²) in [6, 6.07) is 12.9. The molecule has 0 aliphatic rings. The highest BCUT2D eigenvalue weighted by atomic mass is 35.5. The summed E-state index contributed by atoms with van der Waals surface area (Å²) >= 11 is 5.96. The Hall–Kier alpha value is -2.40. The predicted molar refractivity (Wildman–Crippen MR) is 86.4 cm³/mol. The summed E-state index contributed by atoms with van der Waals surface area (Å²) < 4.78 is 13.1. The Kier molecular flexibility index (Phi) is 5.71. The summed E-state index contributed by atoms with van der Waals surface area (Å²) in [5.41, 5.74) is 6.26. The summed E-state index contributed by atoms with van der Waals surface area (Å²) in [7, 11) is 0. The SMILES string of the molecule is NC(=O)CCN(Cc1ccccc1)C(=O)c1ccc(F)cc1Cl. The van der Waals surface area contributed by atoms with E-state index in [0.717, 1.165) is 11.6 Å². The molecule has 0 aromatic heterocycles. The summed E-state index contributed by atoms with van der Waals surface area (Å²) in [6.07, 6.45) is 0.0391. The van der Waals surface area contributed by atoms with Crippen molar-refractivity contribution in [2.24, 2.45) is 5.73 Å². The third kappa shape index (κ3) is 4.79. The molecule has 23 heavy (non-hydrogen) atoms. The zero-order chi connectivity index (χ0) is 16.8. The van der Waals surface area contributed by atoms with Crippen LogP contribution in [-0.2, 0) is 11.3 Å². The van der Waals surface area contributed by atoms with Crippen molar-refractivity contribution in [1.29, 1.82) is 0 Å². The number of nitrogens with two attached hydrogens (primary N) is 1. The molecule has 0 heterocycles. The zero-order valence-electron chi connectivity index (χ0n) is 12.3. The van der Waals surface area contributed by atoms with Crippen LogP contribution in [0.5, 0.6) is 0 Å². The maximum atomic E-state index is 13.1. The lowest BCUT2D eigenvalue weighted by Gasteiger charge is -2.23. The number of amides is 2. The van der Waals surface area contributed by atoms with Crippen LogP contribution in [0.25, 0.3) is 0 Å². The lowest BCUT2D eigenvalue weighted by Crippen LogP contribution is -2.33. The first-order valence-electron chi connectivity index (χ1n) is 7.04. The molecule has 0 bridgehead atoms. The molecule has 2 N–H and O–H groups in total. The Morgan fingerprint density at radius 3 is 2.43 bits per heavy atom. The molecular formula is C17H16ClFN2O2. The van der Waals surface area contributed by atoms with Crippen molar-refractivity contribution in [2.45, 2.75) is 13.0 Å². The van der Waals surface area contributed by atoms with Gasteiger partial charge in [0.1, 0.15) is 5.82 Å². The molecule has 2 aromatic carbocycles. The fourth-order valence-corrected chi connectivity index (χ4v) is 2.38. The van der Waals surface area contributed by atoms with Crippen molar-refractivity contribution in [3.63, 3.8) is 0 Å². The van der Waals surface area contributed by atoms with Gasteiger partial charge in [-0.15, -0.1) is 0 Å². The van der Waals surface area contributed by atoms with Crippen LogP contribution >= 0.6 is 11.6 Å². The molecule has 0 unspecified atom stereocenters. The van der Waals surface area contributed by atoms with Gasteiger partial charge in [0.05, 0.1) is 10.6 Å². The predicted octanol–water partition coefficient (Wildman–Crippen LogP) is 3.00. The quantitative estimate of drug-likeness (QED) is 0.882. The van der Waals surface area contributed by atoms with Gasteiger partial charge >= 0.3 is 0 Å². The van der Waals surface area contributed by atoms with Gasteiger partial charge < -0.3 is 10.6 Å². The fraction of sp³-hybridized carbons (Fsp3) is 0.176. The lowest BCUT2D eigenvalue weighted by atomic mass is 10.1. The first-order valence-corrected chi connectivity index (χ1v) is 7.41. The maximum Gasteiger partial charge on any atom is 0.255 e. The molecule has 2 aromatic rings. The topological polar surface area (TPSA) is 63.4 Å². The van der Waals surface area contributed by atoms with E-state index in [1.54, 1.807) is 0 Å². The Balaban J connectivity index is 2.24. The Morgan fingerprint density at radius 1 is 1.13 bits per heavy atom. The molecule has 2 rings (SSSR count). The third-order valence-electron chi connectivity index (χ3n) is 3.29. The van der Waals surface area contributed by atoms with Gasteiger partial charge in [-0.2, -0.15) is 0 Å². The van der Waals surface area contributed by atoms with Gasteiger partial charge in [-0.1, -0.05) is 41.9 Å². The van der Waals surface area contributed by atoms with Gasteiger partial charge in [-0.3, -0.25) is 9.59 Å². The van der Waals surface area contributed by atoms with Gasteiger partial charge in [0, 0.05) is 19.5 Å². The van der Waals surface area contributed by atoms with E-state index in [2.05, 4.69) is 0 Å². The largest absolute Gasteiger partial charge is 0.370 e. The highest BCUT2D eigenvalue weighted by Crippen LogP contribution is 2.20. The molecule has 0 saturated carbocycles. The van der Waals surface area contributed by atoms with Crippen molar-refractivity contribution < 1.29 is 14.0 Å². The number of rotatable bonds is 6. The van der Waals surface area contributed by atoms with E-state index in [-0.39, 0.29) is 29.5 Å². The number of benzene rings is 2. The van der Waals surface area contributed by atoms with E-state index in [0.29, 0.717) is 6.54 Å². The number of primary amides is 1. The van der Waals surface area contributed by atoms with Crippen LogP contribution < -0.4 is 5.73 Å². The van der Waals surface area contributed by atoms with Gasteiger partial charge in [-0.25, -0.2) is 4.39 Å². The molecule has 0 saturated heterocycles. The number of carbonyl (C=O) groups is 2. The van der Waals surface area contributed by atoms with Crippen molar-refractivity contribution in [1.82, 2.24) is 4.90 Å². The van der Waals surface area contributed by atoms with E-state index in [1.165, 1.54) is 17.0 Å². The first-order chi connectivity index (χ1) is 11.0. The molecule has 0 atom stereocenters. The minimum Gasteiger partial charge on any atom is -0.370 e. The van der Waals surface area contributed by atoms with E-state index in [1.807, 2.05) is 30.3 Å². The third-order valence-corrected chi connectivity index (χ3v) is 3.61. The van der Waals surface area contributed by atoms with Crippen LogP contribution in [0.2, 0.25) is 5.02 Å². The van der Waals surface area contributed by atoms with Crippen LogP contribution in [0.15, 0.2) is 48.5 Å². The molecule has 120 valence electrons. The minimum absolute atomic E-state index is 0.0344. The summed E-state index contributed by atoms with van der Waals surface area (Å²) in [6.45, 7) is 0.470. The molecule has 6 heteroatoms. The second-order valence-corrected chi connectivity index (χ2v) is 5.46. The van der Waals surface area contributed by atoms with Crippen LogP contribution in [0.4, 0.5) is 4.39 Å². The maximum absolute atomic E-state index is 13.1.